The highest BCUT2D eigenvalue weighted by atomic mass is 28.4. The summed E-state index contributed by atoms with van der Waals surface area (Å²) in [4.78, 5) is 0. The van der Waals surface area contributed by atoms with Crippen LogP contribution < -0.4 is 0 Å². The molecule has 0 aromatic heterocycles. The van der Waals surface area contributed by atoms with E-state index in [1.807, 2.05) is 0 Å². The molecule has 0 fully saturated rings. The van der Waals surface area contributed by atoms with Crippen molar-refractivity contribution in [1.29, 1.82) is 0 Å². The van der Waals surface area contributed by atoms with Crippen LogP contribution in [-0.2, 0) is 4.12 Å². The average Bonchev–Trinajstić information content (AvgIpc) is 3.62. The van der Waals surface area contributed by atoms with Crippen LogP contribution in [0.4, 0.5) is 0 Å². The van der Waals surface area contributed by atoms with Crippen LogP contribution in [0.15, 0.2) is 93.7 Å². The standard InChI is InChI=1S/C28H38OSi2/c1-5-23(3)30(25-15-7-8-16-25,26-17-9-10-18-26)29-31(24(4)6-2,27-19-11-12-20-27)28-21-13-14-22-28/h7-15,17,19,21,23-24H,5-6,16,18,20,22H2,1-4H3. The zero-order valence-electron chi connectivity index (χ0n) is 19.7. The molecule has 4 aliphatic rings. The SMILES string of the molecule is CCC(C)[Si](O[Si](C1=CC=CC1)(C1=CC=CC1)C(C)CC)(C1=CC=CC1)C1=CC=CC1. The Hall–Kier alpha value is -1.69. The highest BCUT2D eigenvalue weighted by Gasteiger charge is 2.57. The highest BCUT2D eigenvalue weighted by molar-refractivity contribution is 7.01. The Labute approximate surface area is 191 Å². The van der Waals surface area contributed by atoms with Crippen LogP contribution in [0.1, 0.15) is 66.2 Å². The van der Waals surface area contributed by atoms with Crippen LogP contribution in [0, 0.1) is 0 Å². The molecule has 0 saturated heterocycles. The summed E-state index contributed by atoms with van der Waals surface area (Å²) in [6.07, 6.45) is 34.7. The third-order valence-corrected chi connectivity index (χ3v) is 19.4. The van der Waals surface area contributed by atoms with Crippen molar-refractivity contribution < 1.29 is 4.12 Å². The van der Waals surface area contributed by atoms with Crippen molar-refractivity contribution in [2.45, 2.75) is 77.3 Å². The lowest BCUT2D eigenvalue weighted by Gasteiger charge is -2.50. The summed E-state index contributed by atoms with van der Waals surface area (Å²) in [6.45, 7) is 9.67. The van der Waals surface area contributed by atoms with Crippen molar-refractivity contribution in [3.63, 3.8) is 0 Å². The predicted molar refractivity (Wildman–Crippen MR) is 139 cm³/mol. The van der Waals surface area contributed by atoms with Gasteiger partial charge in [0, 0.05) is 0 Å². The summed E-state index contributed by atoms with van der Waals surface area (Å²) >= 11 is 0. The first-order valence-electron chi connectivity index (χ1n) is 12.2. The molecule has 0 aromatic carbocycles. The van der Waals surface area contributed by atoms with Gasteiger partial charge in [0.2, 0.25) is 16.6 Å². The maximum absolute atomic E-state index is 8.11. The average molecular weight is 447 g/mol. The summed E-state index contributed by atoms with van der Waals surface area (Å²) in [7, 11) is -4.72. The molecule has 0 aromatic rings. The van der Waals surface area contributed by atoms with Gasteiger partial charge in [0.15, 0.2) is 0 Å². The Morgan fingerprint density at radius 3 is 1.10 bits per heavy atom. The van der Waals surface area contributed by atoms with E-state index in [1.54, 1.807) is 20.8 Å². The smallest absolute Gasteiger partial charge is 0.240 e. The van der Waals surface area contributed by atoms with E-state index in [1.165, 1.54) is 12.8 Å². The molecule has 2 unspecified atom stereocenters. The van der Waals surface area contributed by atoms with E-state index >= 15 is 0 Å². The fourth-order valence-corrected chi connectivity index (χ4v) is 19.2. The van der Waals surface area contributed by atoms with Crippen molar-refractivity contribution >= 4 is 16.6 Å². The van der Waals surface area contributed by atoms with Crippen LogP contribution >= 0.6 is 0 Å². The van der Waals surface area contributed by atoms with Gasteiger partial charge in [0.25, 0.3) is 0 Å². The van der Waals surface area contributed by atoms with Gasteiger partial charge in [-0.2, -0.15) is 0 Å². The molecule has 0 radical (unpaired) electrons. The Bertz CT molecular complexity index is 802. The van der Waals surface area contributed by atoms with Gasteiger partial charge in [-0.25, -0.2) is 0 Å². The minimum atomic E-state index is -2.36. The molecule has 164 valence electrons. The molecule has 0 heterocycles. The van der Waals surface area contributed by atoms with E-state index in [-0.39, 0.29) is 0 Å². The largest absolute Gasteiger partial charge is 0.442 e. The number of allylic oxidation sites excluding steroid dienone is 16. The number of rotatable bonds is 10. The first-order chi connectivity index (χ1) is 15.1. The Balaban J connectivity index is 1.92. The topological polar surface area (TPSA) is 9.23 Å². The molecule has 0 amide bonds. The molecule has 31 heavy (non-hydrogen) atoms. The van der Waals surface area contributed by atoms with Gasteiger partial charge < -0.3 is 4.12 Å². The summed E-state index contributed by atoms with van der Waals surface area (Å²) in [5.74, 6) is 0. The molecule has 1 nitrogen and oxygen atoms in total. The van der Waals surface area contributed by atoms with E-state index in [2.05, 4.69) is 101 Å². The lowest BCUT2D eigenvalue weighted by molar-refractivity contribution is 0.498. The van der Waals surface area contributed by atoms with E-state index in [0.29, 0.717) is 11.1 Å². The van der Waals surface area contributed by atoms with Crippen molar-refractivity contribution in [2.75, 3.05) is 0 Å². The molecule has 0 spiro atoms. The molecular formula is C28H38OSi2. The molecule has 4 aliphatic carbocycles. The highest BCUT2D eigenvalue weighted by Crippen LogP contribution is 2.52. The van der Waals surface area contributed by atoms with Crippen LogP contribution in [0.2, 0.25) is 11.1 Å². The van der Waals surface area contributed by atoms with Crippen molar-refractivity contribution in [3.05, 3.63) is 93.7 Å². The van der Waals surface area contributed by atoms with E-state index in [4.69, 9.17) is 4.12 Å². The minimum absolute atomic E-state index is 0.561. The quantitative estimate of drug-likeness (QED) is 0.307. The first-order valence-corrected chi connectivity index (χ1v) is 16.2. The zero-order valence-corrected chi connectivity index (χ0v) is 21.7. The summed E-state index contributed by atoms with van der Waals surface area (Å²) in [5.41, 5.74) is 1.12. The number of hydrogen-bond acceptors (Lipinski definition) is 1. The normalized spacial score (nSPS) is 22.1. The van der Waals surface area contributed by atoms with Crippen LogP contribution in [0.3, 0.4) is 0 Å². The molecule has 3 heteroatoms. The van der Waals surface area contributed by atoms with Gasteiger partial charge >= 0.3 is 0 Å². The zero-order chi connectivity index (χ0) is 21.9. The van der Waals surface area contributed by atoms with Gasteiger partial charge in [-0.15, -0.1) is 0 Å². The molecule has 0 bridgehead atoms. The molecule has 0 N–H and O–H groups in total. The second kappa shape index (κ2) is 9.44. The molecule has 0 saturated carbocycles. The summed E-state index contributed by atoms with van der Waals surface area (Å²) < 4.78 is 8.11. The van der Waals surface area contributed by atoms with E-state index in [0.717, 1.165) is 25.7 Å². The monoisotopic (exact) mass is 446 g/mol. The third-order valence-electron chi connectivity index (χ3n) is 7.93. The van der Waals surface area contributed by atoms with E-state index in [9.17, 15) is 0 Å². The fourth-order valence-electron chi connectivity index (χ4n) is 5.86. The van der Waals surface area contributed by atoms with Crippen molar-refractivity contribution in [2.24, 2.45) is 0 Å². The van der Waals surface area contributed by atoms with Gasteiger partial charge in [0.05, 0.1) is 0 Å². The van der Waals surface area contributed by atoms with Crippen molar-refractivity contribution in [3.8, 4) is 0 Å². The Morgan fingerprint density at radius 2 is 0.903 bits per heavy atom. The molecule has 0 aliphatic heterocycles. The lowest BCUT2D eigenvalue weighted by atomic mass is 10.4. The van der Waals surface area contributed by atoms with Crippen LogP contribution in [-0.4, -0.2) is 16.6 Å². The maximum Gasteiger partial charge on any atom is 0.240 e. The molecule has 4 rings (SSSR count). The molecule has 2 atom stereocenters. The first kappa shape index (κ1) is 22.5. The van der Waals surface area contributed by atoms with Gasteiger partial charge in [-0.3, -0.25) is 0 Å². The van der Waals surface area contributed by atoms with Crippen LogP contribution in [0.5, 0.6) is 0 Å². The second-order valence-electron chi connectivity index (χ2n) is 9.49. The van der Waals surface area contributed by atoms with Crippen molar-refractivity contribution in [1.82, 2.24) is 0 Å². The van der Waals surface area contributed by atoms with E-state index < -0.39 is 16.6 Å². The number of hydrogen-bond donors (Lipinski definition) is 0. The summed E-state index contributed by atoms with van der Waals surface area (Å²) in [6, 6.07) is 0. The van der Waals surface area contributed by atoms with Gasteiger partial charge in [0.1, 0.15) is 0 Å². The Morgan fingerprint density at radius 1 is 0.613 bits per heavy atom. The van der Waals surface area contributed by atoms with Crippen LogP contribution in [0.25, 0.3) is 0 Å². The third kappa shape index (κ3) is 3.75. The van der Waals surface area contributed by atoms with Gasteiger partial charge in [-0.1, -0.05) is 113 Å². The fraction of sp³-hybridized carbons (Fsp3) is 0.429. The minimum Gasteiger partial charge on any atom is -0.442 e. The molecular weight excluding hydrogens is 408 g/mol. The Kier molecular flexibility index (Phi) is 6.85. The predicted octanol–water partition coefficient (Wildman–Crippen LogP) is 8.20. The lowest BCUT2D eigenvalue weighted by Crippen LogP contribution is -2.60. The van der Waals surface area contributed by atoms with Gasteiger partial charge in [-0.05, 0) is 57.6 Å². The second-order valence-corrected chi connectivity index (χ2v) is 17.8. The summed E-state index contributed by atoms with van der Waals surface area (Å²) in [5, 5.41) is 6.37. The maximum atomic E-state index is 8.11.